The number of unbranched alkanes of at least 4 members (excludes halogenated alkanes) is 4. The predicted molar refractivity (Wildman–Crippen MR) is 113 cm³/mol. The molecule has 2 aliphatic rings. The molecular formula is C23H36N2O4. The van der Waals surface area contributed by atoms with Gasteiger partial charge in [-0.05, 0) is 38.3 Å². The van der Waals surface area contributed by atoms with Crippen molar-refractivity contribution in [1.29, 1.82) is 0 Å². The second-order valence-corrected chi connectivity index (χ2v) is 8.36. The normalized spacial score (nSPS) is 22.4. The van der Waals surface area contributed by atoms with Gasteiger partial charge >= 0.3 is 0 Å². The number of nitrogens with zero attached hydrogens (tertiary/aromatic N) is 1. The van der Waals surface area contributed by atoms with E-state index >= 15 is 0 Å². The van der Waals surface area contributed by atoms with Crippen LogP contribution in [0.5, 0.6) is 11.5 Å². The minimum absolute atomic E-state index is 0.0139. The molecule has 1 fully saturated rings. The first kappa shape index (κ1) is 21.9. The van der Waals surface area contributed by atoms with E-state index in [0.717, 1.165) is 37.1 Å². The maximum Gasteiger partial charge on any atom is 0.220 e. The number of benzene rings is 1. The fourth-order valence-electron chi connectivity index (χ4n) is 4.33. The second kappa shape index (κ2) is 10.3. The van der Waals surface area contributed by atoms with Crippen LogP contribution in [0.4, 0.5) is 0 Å². The summed E-state index contributed by atoms with van der Waals surface area (Å²) in [7, 11) is 0. The van der Waals surface area contributed by atoms with Crippen molar-refractivity contribution in [2.24, 2.45) is 0 Å². The minimum Gasteiger partial charge on any atom is -0.486 e. The summed E-state index contributed by atoms with van der Waals surface area (Å²) < 4.78 is 11.3. The highest BCUT2D eigenvalue weighted by Gasteiger charge is 2.41. The zero-order valence-corrected chi connectivity index (χ0v) is 17.9. The van der Waals surface area contributed by atoms with Crippen LogP contribution in [0.2, 0.25) is 0 Å². The summed E-state index contributed by atoms with van der Waals surface area (Å²) in [6.45, 7) is 6.71. The van der Waals surface area contributed by atoms with Crippen molar-refractivity contribution in [1.82, 2.24) is 10.2 Å². The standard InChI is InChI=1S/C23H36N2O4/c1-3-4-5-6-7-9-22(26)24-18(2)17-25-13-8-12-23(25,27)19-10-11-20-21(16-19)29-15-14-28-20/h10-11,16,18,27H,3-9,12-15,17H2,1-2H3,(H,24,26)/t18-,23-/m1/s1. The Morgan fingerprint density at radius 2 is 1.97 bits per heavy atom. The van der Waals surface area contributed by atoms with E-state index in [4.69, 9.17) is 9.47 Å². The van der Waals surface area contributed by atoms with Crippen LogP contribution in [0, 0.1) is 0 Å². The van der Waals surface area contributed by atoms with E-state index in [1.165, 1.54) is 19.3 Å². The van der Waals surface area contributed by atoms with E-state index < -0.39 is 5.72 Å². The molecule has 2 N–H and O–H groups in total. The lowest BCUT2D eigenvalue weighted by Gasteiger charge is -2.36. The van der Waals surface area contributed by atoms with Gasteiger partial charge in [0, 0.05) is 31.1 Å². The maximum atomic E-state index is 12.2. The Labute approximate surface area is 174 Å². The monoisotopic (exact) mass is 404 g/mol. The zero-order valence-electron chi connectivity index (χ0n) is 17.9. The van der Waals surface area contributed by atoms with Gasteiger partial charge in [0.2, 0.25) is 5.91 Å². The lowest BCUT2D eigenvalue weighted by atomic mass is 9.99. The molecule has 1 saturated heterocycles. The van der Waals surface area contributed by atoms with E-state index in [1.54, 1.807) is 0 Å². The summed E-state index contributed by atoms with van der Waals surface area (Å²) in [5.74, 6) is 1.53. The van der Waals surface area contributed by atoms with Gasteiger partial charge in [0.15, 0.2) is 11.5 Å². The number of fused-ring (bicyclic) bond motifs is 1. The smallest absolute Gasteiger partial charge is 0.220 e. The van der Waals surface area contributed by atoms with Crippen molar-refractivity contribution < 1.29 is 19.4 Å². The van der Waals surface area contributed by atoms with Gasteiger partial charge in [-0.15, -0.1) is 0 Å². The van der Waals surface area contributed by atoms with Crippen LogP contribution in [-0.2, 0) is 10.5 Å². The summed E-state index contributed by atoms with van der Waals surface area (Å²) in [4.78, 5) is 14.3. The summed E-state index contributed by atoms with van der Waals surface area (Å²) >= 11 is 0. The molecule has 0 aliphatic carbocycles. The number of nitrogens with one attached hydrogen (secondary N) is 1. The Morgan fingerprint density at radius 3 is 2.76 bits per heavy atom. The van der Waals surface area contributed by atoms with E-state index in [-0.39, 0.29) is 11.9 Å². The number of hydrogen-bond donors (Lipinski definition) is 2. The Morgan fingerprint density at radius 1 is 1.21 bits per heavy atom. The quantitative estimate of drug-likeness (QED) is 0.584. The van der Waals surface area contributed by atoms with Crippen LogP contribution in [0.3, 0.4) is 0 Å². The van der Waals surface area contributed by atoms with Crippen molar-refractivity contribution in [3.05, 3.63) is 23.8 Å². The van der Waals surface area contributed by atoms with E-state index in [1.807, 2.05) is 25.1 Å². The van der Waals surface area contributed by atoms with Crippen LogP contribution in [0.1, 0.15) is 70.8 Å². The van der Waals surface area contributed by atoms with E-state index in [0.29, 0.717) is 38.3 Å². The van der Waals surface area contributed by atoms with Gasteiger partial charge < -0.3 is 19.9 Å². The Bertz CT molecular complexity index is 681. The first-order valence-corrected chi connectivity index (χ1v) is 11.2. The molecule has 29 heavy (non-hydrogen) atoms. The lowest BCUT2D eigenvalue weighted by molar-refractivity contribution is -0.123. The van der Waals surface area contributed by atoms with E-state index in [2.05, 4.69) is 17.1 Å². The molecule has 3 rings (SSSR count). The zero-order chi connectivity index (χ0) is 20.7. The third-order valence-corrected chi connectivity index (χ3v) is 5.89. The summed E-state index contributed by atoms with van der Waals surface area (Å²) in [5.41, 5.74) is -0.205. The number of likely N-dealkylation sites (tertiary alicyclic amines) is 1. The van der Waals surface area contributed by atoms with Gasteiger partial charge in [0.05, 0.1) is 0 Å². The number of hydrogen-bond acceptors (Lipinski definition) is 5. The molecule has 0 radical (unpaired) electrons. The number of ether oxygens (including phenoxy) is 2. The highest BCUT2D eigenvalue weighted by molar-refractivity contribution is 5.76. The molecule has 0 spiro atoms. The summed E-state index contributed by atoms with van der Waals surface area (Å²) in [6.07, 6.45) is 7.90. The number of carbonyl (C=O) groups is 1. The molecule has 6 heteroatoms. The van der Waals surface area contributed by atoms with Crippen molar-refractivity contribution in [3.63, 3.8) is 0 Å². The molecule has 0 aromatic heterocycles. The molecule has 0 saturated carbocycles. The van der Waals surface area contributed by atoms with Crippen LogP contribution in [0.15, 0.2) is 18.2 Å². The van der Waals surface area contributed by atoms with Gasteiger partial charge in [-0.25, -0.2) is 0 Å². The molecule has 1 amide bonds. The number of amides is 1. The van der Waals surface area contributed by atoms with Gasteiger partial charge in [0.1, 0.15) is 18.9 Å². The predicted octanol–water partition coefficient (Wildman–Crippen LogP) is 3.56. The molecule has 6 nitrogen and oxygen atoms in total. The minimum atomic E-state index is -1.03. The Kier molecular flexibility index (Phi) is 7.78. The van der Waals surface area contributed by atoms with Gasteiger partial charge in [-0.2, -0.15) is 0 Å². The summed E-state index contributed by atoms with van der Waals surface area (Å²) in [5, 5.41) is 14.5. The fraction of sp³-hybridized carbons (Fsp3) is 0.696. The first-order chi connectivity index (χ1) is 14.0. The average Bonchev–Trinajstić information content (AvgIpc) is 3.08. The van der Waals surface area contributed by atoms with Crippen LogP contribution >= 0.6 is 0 Å². The molecule has 2 heterocycles. The van der Waals surface area contributed by atoms with Gasteiger partial charge in [-0.1, -0.05) is 38.7 Å². The molecule has 0 unspecified atom stereocenters. The maximum absolute atomic E-state index is 12.2. The molecule has 0 bridgehead atoms. The SMILES string of the molecule is CCCCCCCC(=O)N[C@H](C)CN1CCC[C@@]1(O)c1ccc2c(c1)OCCO2. The third-order valence-electron chi connectivity index (χ3n) is 5.89. The van der Waals surface area contributed by atoms with Gasteiger partial charge in [-0.3, -0.25) is 9.69 Å². The van der Waals surface area contributed by atoms with Crippen LogP contribution in [-0.4, -0.2) is 48.3 Å². The fourth-order valence-corrected chi connectivity index (χ4v) is 4.33. The van der Waals surface area contributed by atoms with Gasteiger partial charge in [0.25, 0.3) is 0 Å². The highest BCUT2D eigenvalue weighted by atomic mass is 16.6. The first-order valence-electron chi connectivity index (χ1n) is 11.2. The Hall–Kier alpha value is -1.79. The summed E-state index contributed by atoms with van der Waals surface area (Å²) in [6, 6.07) is 5.68. The highest BCUT2D eigenvalue weighted by Crippen LogP contribution is 2.40. The molecule has 1 aromatic carbocycles. The number of carbonyl (C=O) groups excluding carboxylic acids is 1. The Balaban J connectivity index is 1.54. The van der Waals surface area contributed by atoms with Crippen molar-refractivity contribution in [3.8, 4) is 11.5 Å². The molecule has 2 atom stereocenters. The van der Waals surface area contributed by atoms with Crippen molar-refractivity contribution in [2.75, 3.05) is 26.3 Å². The number of rotatable bonds is 10. The topological polar surface area (TPSA) is 71.0 Å². The second-order valence-electron chi connectivity index (χ2n) is 8.36. The molecule has 1 aromatic rings. The van der Waals surface area contributed by atoms with Crippen molar-refractivity contribution in [2.45, 2.75) is 77.0 Å². The molecular weight excluding hydrogens is 368 g/mol. The third kappa shape index (κ3) is 5.64. The lowest BCUT2D eigenvalue weighted by Crippen LogP contribution is -2.48. The molecule has 162 valence electrons. The number of aliphatic hydroxyl groups is 1. The van der Waals surface area contributed by atoms with Crippen molar-refractivity contribution >= 4 is 5.91 Å². The van der Waals surface area contributed by atoms with Crippen LogP contribution in [0.25, 0.3) is 0 Å². The van der Waals surface area contributed by atoms with E-state index in [9.17, 15) is 9.90 Å². The van der Waals surface area contributed by atoms with Crippen LogP contribution < -0.4 is 14.8 Å². The largest absolute Gasteiger partial charge is 0.486 e. The molecule has 2 aliphatic heterocycles. The average molecular weight is 405 g/mol.